The molecule has 14 heteroatoms. The normalized spacial score (nSPS) is 11.9. The lowest BCUT2D eigenvalue weighted by molar-refractivity contribution is -0.144. The molecule has 0 unspecified atom stereocenters. The SMILES string of the molecule is N#Cc1c(-c2cnc(C(F)(F)F)nc2)c2c(N)ncnc2n1C/C(=C/Nc1ccccc1F)N=N. The van der Waals surface area contributed by atoms with Crippen LogP contribution in [0.3, 0.4) is 0 Å². The second-order valence-corrected chi connectivity index (χ2v) is 7.04. The van der Waals surface area contributed by atoms with Crippen LogP contribution < -0.4 is 11.1 Å². The van der Waals surface area contributed by atoms with Gasteiger partial charge >= 0.3 is 6.18 Å². The van der Waals surface area contributed by atoms with Crippen molar-refractivity contribution in [3.63, 3.8) is 0 Å². The van der Waals surface area contributed by atoms with E-state index in [1.807, 2.05) is 6.07 Å². The standard InChI is InChI=1S/C21H14F4N10/c22-13-3-1-2-4-14(13)29-8-12(34-28)9-35-15(5-26)16(17-18(27)32-10-33-19(17)35)11-6-30-20(31-7-11)21(23,24)25/h1-4,6-8,10,28-29H,9H2,(H2,27,32,33)/b12-8-,34-28?. The number of nitrogens with zero attached hydrogens (tertiary/aromatic N) is 7. The van der Waals surface area contributed by atoms with E-state index < -0.39 is 17.8 Å². The first-order chi connectivity index (χ1) is 16.7. The van der Waals surface area contributed by atoms with Gasteiger partial charge in [-0.1, -0.05) is 12.1 Å². The molecule has 4 N–H and O–H groups in total. The van der Waals surface area contributed by atoms with Crippen molar-refractivity contribution >= 4 is 22.5 Å². The number of nitrogens with two attached hydrogens (primary N) is 1. The van der Waals surface area contributed by atoms with Crippen LogP contribution in [0.15, 0.2) is 60.0 Å². The molecule has 10 nitrogen and oxygen atoms in total. The summed E-state index contributed by atoms with van der Waals surface area (Å²) in [5.74, 6) is -1.90. The average Bonchev–Trinajstić information content (AvgIpc) is 3.16. The summed E-state index contributed by atoms with van der Waals surface area (Å²) in [5.41, 5.74) is 14.1. The first kappa shape index (κ1) is 23.2. The van der Waals surface area contributed by atoms with Gasteiger partial charge in [0.1, 0.15) is 35.4 Å². The molecule has 0 radical (unpaired) electrons. The molecule has 4 aromatic rings. The van der Waals surface area contributed by atoms with Gasteiger partial charge in [0.05, 0.1) is 23.3 Å². The Balaban J connectivity index is 1.83. The lowest BCUT2D eigenvalue weighted by Crippen LogP contribution is -2.10. The van der Waals surface area contributed by atoms with E-state index in [2.05, 4.69) is 30.4 Å². The molecule has 0 aliphatic heterocycles. The van der Waals surface area contributed by atoms with Gasteiger partial charge in [0, 0.05) is 29.7 Å². The third kappa shape index (κ3) is 4.47. The summed E-state index contributed by atoms with van der Waals surface area (Å²) in [6, 6.07) is 7.85. The van der Waals surface area contributed by atoms with E-state index >= 15 is 0 Å². The highest BCUT2D eigenvalue weighted by Gasteiger charge is 2.34. The molecule has 0 amide bonds. The third-order valence-corrected chi connectivity index (χ3v) is 4.90. The Hall–Kier alpha value is -4.93. The van der Waals surface area contributed by atoms with Gasteiger partial charge in [0.15, 0.2) is 0 Å². The lowest BCUT2D eigenvalue weighted by Gasteiger charge is -2.08. The number of aromatic nitrogens is 5. The highest BCUT2D eigenvalue weighted by atomic mass is 19.4. The monoisotopic (exact) mass is 482 g/mol. The molecule has 0 aliphatic carbocycles. The van der Waals surface area contributed by atoms with Crippen LogP contribution in [0.4, 0.5) is 29.1 Å². The maximum atomic E-state index is 13.9. The summed E-state index contributed by atoms with van der Waals surface area (Å²) < 4.78 is 54.0. The van der Waals surface area contributed by atoms with Crippen LogP contribution in [-0.4, -0.2) is 24.5 Å². The number of hydrogen-bond acceptors (Lipinski definition) is 9. The molecule has 0 saturated carbocycles. The van der Waals surface area contributed by atoms with Gasteiger partial charge in [-0.05, 0) is 12.1 Å². The molecule has 0 spiro atoms. The number of para-hydroxylation sites is 1. The van der Waals surface area contributed by atoms with E-state index in [-0.39, 0.29) is 51.6 Å². The molecule has 176 valence electrons. The number of alkyl halides is 3. The molecule has 0 fully saturated rings. The van der Waals surface area contributed by atoms with Crippen LogP contribution in [0.2, 0.25) is 0 Å². The number of nitriles is 1. The van der Waals surface area contributed by atoms with Crippen molar-refractivity contribution in [1.82, 2.24) is 24.5 Å². The van der Waals surface area contributed by atoms with Crippen LogP contribution >= 0.6 is 0 Å². The number of allylic oxidation sites excluding steroid dienone is 1. The maximum Gasteiger partial charge on any atom is 0.451 e. The second kappa shape index (κ2) is 9.14. The van der Waals surface area contributed by atoms with Crippen molar-refractivity contribution in [3.8, 4) is 17.2 Å². The van der Waals surface area contributed by atoms with Crippen LogP contribution in [0.25, 0.3) is 22.2 Å². The van der Waals surface area contributed by atoms with Crippen molar-refractivity contribution in [3.05, 3.63) is 72.2 Å². The Kier molecular flexibility index (Phi) is 6.07. The molecule has 0 atom stereocenters. The van der Waals surface area contributed by atoms with Gasteiger partial charge in [-0.25, -0.2) is 29.9 Å². The van der Waals surface area contributed by atoms with Gasteiger partial charge in [0.2, 0.25) is 5.82 Å². The molecular formula is C21H14F4N10. The van der Waals surface area contributed by atoms with Gasteiger partial charge < -0.3 is 15.6 Å². The number of fused-ring (bicyclic) bond motifs is 1. The van der Waals surface area contributed by atoms with Crippen LogP contribution in [0.1, 0.15) is 11.5 Å². The van der Waals surface area contributed by atoms with E-state index in [1.54, 1.807) is 6.07 Å². The maximum absolute atomic E-state index is 13.9. The summed E-state index contributed by atoms with van der Waals surface area (Å²) in [5, 5.41) is 16.3. The van der Waals surface area contributed by atoms with E-state index in [0.717, 1.165) is 18.7 Å². The largest absolute Gasteiger partial charge is 0.451 e. The third-order valence-electron chi connectivity index (χ3n) is 4.90. The quantitative estimate of drug-likeness (QED) is 0.270. The van der Waals surface area contributed by atoms with E-state index in [1.165, 1.54) is 29.0 Å². The summed E-state index contributed by atoms with van der Waals surface area (Å²) in [6.45, 7) is -0.178. The number of rotatable bonds is 6. The lowest BCUT2D eigenvalue weighted by atomic mass is 10.1. The van der Waals surface area contributed by atoms with Crippen LogP contribution in [0, 0.1) is 22.7 Å². The van der Waals surface area contributed by atoms with Crippen molar-refractivity contribution in [2.24, 2.45) is 5.11 Å². The van der Waals surface area contributed by atoms with Crippen molar-refractivity contribution < 1.29 is 17.6 Å². The van der Waals surface area contributed by atoms with E-state index in [9.17, 15) is 22.8 Å². The molecule has 1 aromatic carbocycles. The predicted octanol–water partition coefficient (Wildman–Crippen LogP) is 4.48. The molecule has 4 rings (SSSR count). The second-order valence-electron chi connectivity index (χ2n) is 7.04. The van der Waals surface area contributed by atoms with Crippen molar-refractivity contribution in [2.75, 3.05) is 11.1 Å². The Labute approximate surface area is 194 Å². The minimum atomic E-state index is -4.74. The summed E-state index contributed by atoms with van der Waals surface area (Å²) in [7, 11) is 0. The van der Waals surface area contributed by atoms with Gasteiger partial charge in [0.25, 0.3) is 0 Å². The smallest absolute Gasteiger partial charge is 0.383 e. The van der Waals surface area contributed by atoms with E-state index in [4.69, 9.17) is 11.3 Å². The topological polar surface area (TPSA) is 155 Å². The molecular weight excluding hydrogens is 468 g/mol. The number of halogens is 4. The van der Waals surface area contributed by atoms with Crippen molar-refractivity contribution in [2.45, 2.75) is 12.7 Å². The van der Waals surface area contributed by atoms with Crippen molar-refractivity contribution in [1.29, 1.82) is 10.8 Å². The average molecular weight is 482 g/mol. The Morgan fingerprint density at radius 2 is 1.91 bits per heavy atom. The first-order valence-corrected chi connectivity index (χ1v) is 9.74. The summed E-state index contributed by atoms with van der Waals surface area (Å²) >= 11 is 0. The minimum Gasteiger partial charge on any atom is -0.383 e. The molecule has 0 bridgehead atoms. The van der Waals surface area contributed by atoms with Crippen LogP contribution in [-0.2, 0) is 12.7 Å². The number of hydrogen-bond donors (Lipinski definition) is 3. The first-order valence-electron chi connectivity index (χ1n) is 9.74. The van der Waals surface area contributed by atoms with E-state index in [0.29, 0.717) is 0 Å². The summed E-state index contributed by atoms with van der Waals surface area (Å²) in [4.78, 5) is 14.8. The van der Waals surface area contributed by atoms with Crippen LogP contribution in [0.5, 0.6) is 0 Å². The zero-order chi connectivity index (χ0) is 25.2. The zero-order valence-corrected chi connectivity index (χ0v) is 17.5. The predicted molar refractivity (Wildman–Crippen MR) is 116 cm³/mol. The number of nitrogen functional groups attached to an aromatic ring is 1. The number of anilines is 2. The van der Waals surface area contributed by atoms with Gasteiger partial charge in [-0.15, -0.1) is 0 Å². The molecule has 0 saturated heterocycles. The number of benzene rings is 1. The fourth-order valence-electron chi connectivity index (χ4n) is 3.36. The molecule has 0 aliphatic rings. The fraction of sp³-hybridized carbons (Fsp3) is 0.0952. The minimum absolute atomic E-state index is 0.0297. The molecule has 3 aromatic heterocycles. The fourth-order valence-corrected chi connectivity index (χ4v) is 3.36. The Morgan fingerprint density at radius 1 is 1.20 bits per heavy atom. The molecule has 3 heterocycles. The highest BCUT2D eigenvalue weighted by molar-refractivity contribution is 6.03. The summed E-state index contributed by atoms with van der Waals surface area (Å²) in [6.07, 6.45) is -0.459. The van der Waals surface area contributed by atoms with Gasteiger partial charge in [-0.3, -0.25) is 0 Å². The molecule has 35 heavy (non-hydrogen) atoms. The Bertz CT molecular complexity index is 1480. The Morgan fingerprint density at radius 3 is 2.54 bits per heavy atom. The number of nitrogens with one attached hydrogen (secondary N) is 2. The zero-order valence-electron chi connectivity index (χ0n) is 17.5. The van der Waals surface area contributed by atoms with Gasteiger partial charge in [-0.2, -0.15) is 23.5 Å². The highest BCUT2D eigenvalue weighted by Crippen LogP contribution is 2.37.